The average Bonchev–Trinajstić information content (AvgIpc) is 3.02. The number of pyridine rings is 1. The number of hydrogen-bond donors (Lipinski definition) is 1. The number of rotatable bonds is 4. The van der Waals surface area contributed by atoms with Gasteiger partial charge in [0.25, 0.3) is 0 Å². The summed E-state index contributed by atoms with van der Waals surface area (Å²) in [4.78, 5) is 16.5. The highest BCUT2D eigenvalue weighted by Crippen LogP contribution is 2.40. The predicted molar refractivity (Wildman–Crippen MR) is 85.7 cm³/mol. The molecular formula is C17H19F3N4O. The second-order valence-electron chi connectivity index (χ2n) is 6.31. The maximum atomic E-state index is 12.9. The number of nitrogens with one attached hydrogen (secondary N) is 1. The van der Waals surface area contributed by atoms with Crippen molar-refractivity contribution in [2.75, 3.05) is 5.32 Å². The van der Waals surface area contributed by atoms with Crippen molar-refractivity contribution >= 4 is 11.7 Å². The predicted octanol–water partition coefficient (Wildman–Crippen LogP) is 3.63. The number of amides is 1. The number of nitrogens with zero attached hydrogens (tertiary/aromatic N) is 3. The Balaban J connectivity index is 1.58. The van der Waals surface area contributed by atoms with Gasteiger partial charge < -0.3 is 5.32 Å². The lowest BCUT2D eigenvalue weighted by molar-refractivity contribution is -0.185. The molecule has 2 heterocycles. The van der Waals surface area contributed by atoms with Gasteiger partial charge >= 0.3 is 6.18 Å². The first-order valence-electron chi connectivity index (χ1n) is 8.23. The molecule has 0 bridgehead atoms. The molecule has 134 valence electrons. The molecule has 1 fully saturated rings. The van der Waals surface area contributed by atoms with E-state index in [9.17, 15) is 18.0 Å². The highest BCUT2D eigenvalue weighted by Gasteiger charge is 2.43. The van der Waals surface area contributed by atoms with Gasteiger partial charge in [0, 0.05) is 24.4 Å². The van der Waals surface area contributed by atoms with Crippen LogP contribution in [0.25, 0.3) is 0 Å². The van der Waals surface area contributed by atoms with Crippen molar-refractivity contribution in [2.24, 2.45) is 11.8 Å². The van der Waals surface area contributed by atoms with Gasteiger partial charge in [0.1, 0.15) is 0 Å². The molecule has 0 spiro atoms. The van der Waals surface area contributed by atoms with Crippen LogP contribution in [0, 0.1) is 11.8 Å². The number of aromatic nitrogens is 3. The van der Waals surface area contributed by atoms with Crippen molar-refractivity contribution in [2.45, 2.75) is 38.4 Å². The molecule has 0 aliphatic heterocycles. The summed E-state index contributed by atoms with van der Waals surface area (Å²) in [6.45, 7) is 0.455. The lowest BCUT2D eigenvalue weighted by Gasteiger charge is -2.29. The van der Waals surface area contributed by atoms with Crippen LogP contribution in [0.4, 0.5) is 19.0 Å². The maximum absolute atomic E-state index is 12.9. The van der Waals surface area contributed by atoms with E-state index in [1.165, 1.54) is 0 Å². The van der Waals surface area contributed by atoms with Crippen LogP contribution < -0.4 is 5.32 Å². The van der Waals surface area contributed by atoms with Crippen LogP contribution in [0.5, 0.6) is 0 Å². The Morgan fingerprint density at radius 3 is 2.84 bits per heavy atom. The number of hydrogen-bond acceptors (Lipinski definition) is 3. The van der Waals surface area contributed by atoms with E-state index in [-0.39, 0.29) is 12.8 Å². The lowest BCUT2D eigenvalue weighted by atomic mass is 9.80. The third kappa shape index (κ3) is 4.58. The van der Waals surface area contributed by atoms with Crippen molar-refractivity contribution in [1.29, 1.82) is 0 Å². The van der Waals surface area contributed by atoms with Gasteiger partial charge in [-0.05, 0) is 31.4 Å². The van der Waals surface area contributed by atoms with Crippen LogP contribution in [0.3, 0.4) is 0 Å². The van der Waals surface area contributed by atoms with Gasteiger partial charge in [-0.3, -0.25) is 14.5 Å². The molecule has 0 saturated heterocycles. The normalized spacial score (nSPS) is 21.1. The second-order valence-corrected chi connectivity index (χ2v) is 6.31. The zero-order chi connectivity index (χ0) is 17.9. The Labute approximate surface area is 143 Å². The third-order valence-corrected chi connectivity index (χ3v) is 4.45. The van der Waals surface area contributed by atoms with Crippen molar-refractivity contribution in [1.82, 2.24) is 14.8 Å². The Hall–Kier alpha value is -2.38. The first-order valence-corrected chi connectivity index (χ1v) is 8.23. The van der Waals surface area contributed by atoms with E-state index in [1.54, 1.807) is 23.1 Å². The highest BCUT2D eigenvalue weighted by atomic mass is 19.4. The van der Waals surface area contributed by atoms with Crippen LogP contribution in [0.15, 0.2) is 36.7 Å². The fraction of sp³-hybridized carbons (Fsp3) is 0.471. The largest absolute Gasteiger partial charge is 0.391 e. The first kappa shape index (κ1) is 17.4. The van der Waals surface area contributed by atoms with Gasteiger partial charge in [0.2, 0.25) is 5.91 Å². The van der Waals surface area contributed by atoms with E-state index >= 15 is 0 Å². The van der Waals surface area contributed by atoms with E-state index in [0.717, 1.165) is 5.69 Å². The van der Waals surface area contributed by atoms with Crippen LogP contribution in [-0.2, 0) is 11.3 Å². The Morgan fingerprint density at radius 2 is 2.12 bits per heavy atom. The minimum absolute atomic E-state index is 0.103. The molecular weight excluding hydrogens is 333 g/mol. The smallest absolute Gasteiger partial charge is 0.309 e. The molecule has 1 aliphatic carbocycles. The molecule has 1 saturated carbocycles. The van der Waals surface area contributed by atoms with Crippen LogP contribution in [0.1, 0.15) is 31.4 Å². The Kier molecular flexibility index (Phi) is 5.06. The van der Waals surface area contributed by atoms with Crippen LogP contribution in [0.2, 0.25) is 0 Å². The second kappa shape index (κ2) is 7.25. The van der Waals surface area contributed by atoms with Crippen molar-refractivity contribution in [3.8, 4) is 0 Å². The summed E-state index contributed by atoms with van der Waals surface area (Å²) in [7, 11) is 0. The first-order chi connectivity index (χ1) is 11.9. The summed E-state index contributed by atoms with van der Waals surface area (Å²) in [5.74, 6) is -2.06. The van der Waals surface area contributed by atoms with Gasteiger partial charge in [-0.1, -0.05) is 12.5 Å². The van der Waals surface area contributed by atoms with E-state index in [1.807, 2.05) is 18.2 Å². The summed E-state index contributed by atoms with van der Waals surface area (Å²) < 4.78 is 40.2. The SMILES string of the molecule is O=C(Nc1ccn(Cc2ccccn2)n1)C1CCCC(C(F)(F)F)C1. The molecule has 1 aliphatic rings. The minimum atomic E-state index is -4.23. The van der Waals surface area contributed by atoms with Crippen LogP contribution in [-0.4, -0.2) is 26.8 Å². The van der Waals surface area contributed by atoms with Gasteiger partial charge in [0.15, 0.2) is 5.82 Å². The summed E-state index contributed by atoms with van der Waals surface area (Å²) in [5, 5.41) is 6.86. The van der Waals surface area contributed by atoms with Crippen molar-refractivity contribution < 1.29 is 18.0 Å². The number of alkyl halides is 3. The fourth-order valence-corrected chi connectivity index (χ4v) is 3.13. The molecule has 2 atom stereocenters. The maximum Gasteiger partial charge on any atom is 0.391 e. The monoisotopic (exact) mass is 352 g/mol. The molecule has 2 unspecified atom stereocenters. The van der Waals surface area contributed by atoms with Gasteiger partial charge in [-0.15, -0.1) is 0 Å². The zero-order valence-corrected chi connectivity index (χ0v) is 13.5. The molecule has 1 amide bonds. The standard InChI is InChI=1S/C17H19F3N4O/c18-17(19,20)13-5-3-4-12(10-13)16(25)22-15-7-9-24(23-15)11-14-6-1-2-8-21-14/h1-2,6-9,12-13H,3-5,10-11H2,(H,22,23,25). The highest BCUT2D eigenvalue weighted by molar-refractivity contribution is 5.91. The number of carbonyl (C=O) groups is 1. The molecule has 2 aromatic heterocycles. The van der Waals surface area contributed by atoms with Crippen molar-refractivity contribution in [3.05, 3.63) is 42.4 Å². The molecule has 2 aromatic rings. The summed E-state index contributed by atoms with van der Waals surface area (Å²) in [5.41, 5.74) is 0.823. The molecule has 0 aromatic carbocycles. The summed E-state index contributed by atoms with van der Waals surface area (Å²) in [6.07, 6.45) is -0.00600. The molecule has 1 N–H and O–H groups in total. The Bertz CT molecular complexity index is 714. The van der Waals surface area contributed by atoms with Gasteiger partial charge in [-0.2, -0.15) is 18.3 Å². The summed E-state index contributed by atoms with van der Waals surface area (Å²) in [6, 6.07) is 7.18. The number of halogens is 3. The van der Waals surface area contributed by atoms with Crippen molar-refractivity contribution in [3.63, 3.8) is 0 Å². The van der Waals surface area contributed by atoms with E-state index < -0.39 is 23.9 Å². The molecule has 5 nitrogen and oxygen atoms in total. The van der Waals surface area contributed by atoms with Crippen LogP contribution >= 0.6 is 0 Å². The van der Waals surface area contributed by atoms with E-state index in [4.69, 9.17) is 0 Å². The topological polar surface area (TPSA) is 59.8 Å². The quantitative estimate of drug-likeness (QED) is 0.914. The number of carbonyl (C=O) groups excluding carboxylic acids is 1. The van der Waals surface area contributed by atoms with Gasteiger partial charge in [0.05, 0.1) is 18.2 Å². The lowest BCUT2D eigenvalue weighted by Crippen LogP contribution is -2.34. The molecule has 0 radical (unpaired) electrons. The van der Waals surface area contributed by atoms with Gasteiger partial charge in [-0.25, -0.2) is 0 Å². The molecule has 8 heteroatoms. The zero-order valence-electron chi connectivity index (χ0n) is 13.5. The minimum Gasteiger partial charge on any atom is -0.309 e. The molecule has 3 rings (SSSR count). The Morgan fingerprint density at radius 1 is 1.28 bits per heavy atom. The van der Waals surface area contributed by atoms with E-state index in [0.29, 0.717) is 25.2 Å². The summed E-state index contributed by atoms with van der Waals surface area (Å²) >= 11 is 0. The number of anilines is 1. The van der Waals surface area contributed by atoms with E-state index in [2.05, 4.69) is 15.4 Å². The third-order valence-electron chi connectivity index (χ3n) is 4.45. The fourth-order valence-electron chi connectivity index (χ4n) is 3.13. The average molecular weight is 352 g/mol. The molecule has 25 heavy (non-hydrogen) atoms.